The van der Waals surface area contributed by atoms with E-state index in [1.807, 2.05) is 24.3 Å². The van der Waals surface area contributed by atoms with Crippen LogP contribution in [0.5, 0.6) is 0 Å². The van der Waals surface area contributed by atoms with Crippen molar-refractivity contribution in [3.8, 4) is 10.6 Å². The van der Waals surface area contributed by atoms with Gasteiger partial charge in [-0.25, -0.2) is 0 Å². The maximum Gasteiger partial charge on any atom is 0.279 e. The van der Waals surface area contributed by atoms with Gasteiger partial charge in [-0.15, -0.1) is 10.2 Å². The zero-order valence-electron chi connectivity index (χ0n) is 15.0. The molecule has 2 aromatic carbocycles. The lowest BCUT2D eigenvalue weighted by atomic mass is 10.1. The number of anilines is 1. The number of aromatic nitrogens is 2. The van der Waals surface area contributed by atoms with E-state index >= 15 is 0 Å². The van der Waals surface area contributed by atoms with Gasteiger partial charge < -0.3 is 0 Å². The first-order chi connectivity index (χ1) is 13.7. The van der Waals surface area contributed by atoms with Crippen LogP contribution >= 0.6 is 27.3 Å². The number of hydrogen-bond acceptors (Lipinski definition) is 8. The highest BCUT2D eigenvalue weighted by Gasteiger charge is 2.27. The quantitative estimate of drug-likeness (QED) is 0.393. The molecule has 12 heteroatoms. The summed E-state index contributed by atoms with van der Waals surface area (Å²) in [6, 6.07) is 9.41. The first-order valence-corrected chi connectivity index (χ1v) is 9.61. The van der Waals surface area contributed by atoms with Crippen LogP contribution in [0.2, 0.25) is 0 Å². The predicted octanol–water partition coefficient (Wildman–Crippen LogP) is 4.37. The number of nitrogens with zero attached hydrogens (tertiary/aromatic N) is 5. The number of nitro groups is 2. The van der Waals surface area contributed by atoms with Gasteiger partial charge in [0.05, 0.1) is 15.4 Å². The van der Waals surface area contributed by atoms with Crippen LogP contribution in [-0.2, 0) is 0 Å². The van der Waals surface area contributed by atoms with Crippen LogP contribution in [0.3, 0.4) is 0 Å². The molecule has 0 aliphatic carbocycles. The molecule has 10 nitrogen and oxygen atoms in total. The Morgan fingerprint density at radius 3 is 2.14 bits per heavy atom. The van der Waals surface area contributed by atoms with E-state index in [0.29, 0.717) is 5.01 Å². The maximum absolute atomic E-state index is 12.8. The summed E-state index contributed by atoms with van der Waals surface area (Å²) in [6.45, 7) is 1.27. The van der Waals surface area contributed by atoms with E-state index in [1.165, 1.54) is 14.0 Å². The molecule has 0 fully saturated rings. The Morgan fingerprint density at radius 1 is 1.07 bits per heavy atom. The normalized spacial score (nSPS) is 10.6. The minimum absolute atomic E-state index is 0.118. The molecule has 0 saturated carbocycles. The van der Waals surface area contributed by atoms with Crippen molar-refractivity contribution in [2.24, 2.45) is 0 Å². The molecule has 1 heterocycles. The Hall–Kier alpha value is -3.25. The molecule has 3 rings (SSSR count). The van der Waals surface area contributed by atoms with Gasteiger partial charge >= 0.3 is 0 Å². The molecular weight excluding hydrogens is 466 g/mol. The molecule has 0 saturated heterocycles. The summed E-state index contributed by atoms with van der Waals surface area (Å²) < 4.78 is 0.904. The van der Waals surface area contributed by atoms with E-state index in [9.17, 15) is 25.0 Å². The van der Waals surface area contributed by atoms with Crippen LogP contribution in [0, 0.1) is 27.2 Å². The summed E-state index contributed by atoms with van der Waals surface area (Å²) in [7, 11) is 1.42. The number of amides is 1. The highest BCUT2D eigenvalue weighted by Crippen LogP contribution is 2.32. The van der Waals surface area contributed by atoms with Gasteiger partial charge in [-0.3, -0.25) is 29.9 Å². The Bertz CT molecular complexity index is 1100. The fourth-order valence-corrected chi connectivity index (χ4v) is 3.60. The molecular formula is C17H12BrN5O5S. The molecule has 1 amide bonds. The van der Waals surface area contributed by atoms with Crippen molar-refractivity contribution in [3.05, 3.63) is 72.2 Å². The zero-order valence-corrected chi connectivity index (χ0v) is 17.4. The lowest BCUT2D eigenvalue weighted by Crippen LogP contribution is -2.26. The van der Waals surface area contributed by atoms with Crippen molar-refractivity contribution in [2.75, 3.05) is 11.9 Å². The van der Waals surface area contributed by atoms with E-state index in [4.69, 9.17) is 0 Å². The van der Waals surface area contributed by atoms with Crippen molar-refractivity contribution in [1.29, 1.82) is 0 Å². The Morgan fingerprint density at radius 2 is 1.62 bits per heavy atom. The molecule has 0 aliphatic rings. The average Bonchev–Trinajstić information content (AvgIpc) is 3.17. The van der Waals surface area contributed by atoms with Crippen molar-refractivity contribution in [2.45, 2.75) is 6.92 Å². The molecule has 0 aliphatic heterocycles. The predicted molar refractivity (Wildman–Crippen MR) is 110 cm³/mol. The number of nitro benzene ring substituents is 2. The van der Waals surface area contributed by atoms with Crippen molar-refractivity contribution >= 4 is 49.7 Å². The molecule has 0 unspecified atom stereocenters. The van der Waals surface area contributed by atoms with Crippen LogP contribution in [-0.4, -0.2) is 33.0 Å². The van der Waals surface area contributed by atoms with Crippen LogP contribution in [0.4, 0.5) is 16.5 Å². The fourth-order valence-electron chi connectivity index (χ4n) is 2.53. The summed E-state index contributed by atoms with van der Waals surface area (Å²) >= 11 is 4.49. The smallest absolute Gasteiger partial charge is 0.279 e. The van der Waals surface area contributed by atoms with Crippen LogP contribution in [0.1, 0.15) is 15.9 Å². The molecule has 3 aromatic rings. The first-order valence-electron chi connectivity index (χ1n) is 8.00. The summed E-state index contributed by atoms with van der Waals surface area (Å²) in [5, 5.41) is 31.3. The van der Waals surface area contributed by atoms with Gasteiger partial charge in [-0.05, 0) is 19.1 Å². The second-order valence-corrected chi connectivity index (χ2v) is 7.79. The zero-order chi connectivity index (χ0) is 21.3. The molecule has 0 atom stereocenters. The Labute approximate surface area is 176 Å². The standard InChI is InChI=1S/C17H12BrN5O5S/c1-9-13(22(25)26)7-11(8-14(9)23(27)28)16(24)21(2)17-20-19-15(29-17)10-3-5-12(18)6-4-10/h3-8H,1-2H3. The van der Waals surface area contributed by atoms with Crippen LogP contribution < -0.4 is 4.90 Å². The van der Waals surface area contributed by atoms with Crippen molar-refractivity contribution < 1.29 is 14.6 Å². The summed E-state index contributed by atoms with van der Waals surface area (Å²) in [6.07, 6.45) is 0. The van der Waals surface area contributed by atoms with Gasteiger partial charge in [0.1, 0.15) is 10.6 Å². The summed E-state index contributed by atoms with van der Waals surface area (Å²) in [5.74, 6) is -0.672. The summed E-state index contributed by atoms with van der Waals surface area (Å²) in [5.41, 5.74) is -0.489. The summed E-state index contributed by atoms with van der Waals surface area (Å²) in [4.78, 5) is 34.9. The van der Waals surface area contributed by atoms with E-state index in [2.05, 4.69) is 26.1 Å². The van der Waals surface area contributed by atoms with Crippen molar-refractivity contribution in [1.82, 2.24) is 10.2 Å². The molecule has 0 N–H and O–H groups in total. The topological polar surface area (TPSA) is 132 Å². The van der Waals surface area contributed by atoms with E-state index < -0.39 is 27.1 Å². The largest absolute Gasteiger partial charge is 0.286 e. The maximum atomic E-state index is 12.8. The van der Waals surface area contributed by atoms with Gasteiger partial charge in [0.2, 0.25) is 5.13 Å². The highest BCUT2D eigenvalue weighted by molar-refractivity contribution is 9.10. The Balaban J connectivity index is 1.95. The minimum atomic E-state index is -0.754. The first kappa shape index (κ1) is 20.5. The van der Waals surface area contributed by atoms with Crippen LogP contribution in [0.15, 0.2) is 40.9 Å². The third-order valence-electron chi connectivity index (χ3n) is 4.09. The number of hydrogen-bond donors (Lipinski definition) is 0. The number of carbonyl (C=O) groups excluding carboxylic acids is 1. The lowest BCUT2D eigenvalue weighted by molar-refractivity contribution is -0.395. The van der Waals surface area contributed by atoms with Gasteiger partial charge in [0.15, 0.2) is 0 Å². The SMILES string of the molecule is Cc1c([N+](=O)[O-])cc(C(=O)N(C)c2nnc(-c3ccc(Br)cc3)s2)cc1[N+](=O)[O-]. The third kappa shape index (κ3) is 4.12. The van der Waals surface area contributed by atoms with Crippen molar-refractivity contribution in [3.63, 3.8) is 0 Å². The third-order valence-corrected chi connectivity index (χ3v) is 5.67. The second kappa shape index (κ2) is 8.01. The molecule has 148 valence electrons. The van der Waals surface area contributed by atoms with Gasteiger partial charge in [-0.1, -0.05) is 39.4 Å². The monoisotopic (exact) mass is 477 g/mol. The molecule has 0 bridgehead atoms. The van der Waals surface area contributed by atoms with E-state index in [0.717, 1.165) is 38.4 Å². The van der Waals surface area contributed by atoms with Gasteiger partial charge in [0.25, 0.3) is 17.3 Å². The molecule has 0 radical (unpaired) electrons. The number of carbonyl (C=O) groups is 1. The van der Waals surface area contributed by atoms with Gasteiger partial charge in [-0.2, -0.15) is 0 Å². The van der Waals surface area contributed by atoms with Crippen LogP contribution in [0.25, 0.3) is 10.6 Å². The fraction of sp³-hybridized carbons (Fsp3) is 0.118. The van der Waals surface area contributed by atoms with E-state index in [1.54, 1.807) is 0 Å². The van der Waals surface area contributed by atoms with E-state index in [-0.39, 0.29) is 16.3 Å². The number of rotatable bonds is 5. The molecule has 1 aromatic heterocycles. The Kier molecular flexibility index (Phi) is 5.66. The second-order valence-electron chi connectivity index (χ2n) is 5.91. The lowest BCUT2D eigenvalue weighted by Gasteiger charge is -2.13. The molecule has 0 spiro atoms. The highest BCUT2D eigenvalue weighted by atomic mass is 79.9. The number of halogens is 1. The molecule has 29 heavy (non-hydrogen) atoms. The van der Waals surface area contributed by atoms with Gasteiger partial charge in [0, 0.05) is 29.2 Å². The minimum Gasteiger partial charge on any atom is -0.286 e. The number of benzene rings is 2. The average molecular weight is 478 g/mol.